The lowest BCUT2D eigenvalue weighted by Gasteiger charge is -2.30. The zero-order valence-electron chi connectivity index (χ0n) is 14.3. The Morgan fingerprint density at radius 3 is 2.84 bits per heavy atom. The molecule has 3 heterocycles. The van der Waals surface area contributed by atoms with Crippen molar-refractivity contribution in [2.24, 2.45) is 0 Å². The monoisotopic (exact) mass is 335 g/mol. The van der Waals surface area contributed by atoms with Gasteiger partial charge in [-0.15, -0.1) is 0 Å². The highest BCUT2D eigenvalue weighted by Gasteiger charge is 2.32. The third-order valence-corrected chi connectivity index (χ3v) is 5.29. The maximum absolute atomic E-state index is 5.55. The molecule has 1 aliphatic carbocycles. The first-order chi connectivity index (χ1) is 12.3. The number of aromatic nitrogens is 4. The highest BCUT2D eigenvalue weighted by Crippen LogP contribution is 2.38. The summed E-state index contributed by atoms with van der Waals surface area (Å²) in [6.07, 6.45) is 5.66. The van der Waals surface area contributed by atoms with Crippen LogP contribution in [0.1, 0.15) is 49.1 Å². The summed E-state index contributed by atoms with van der Waals surface area (Å²) >= 11 is 0. The van der Waals surface area contributed by atoms with Crippen LogP contribution >= 0.6 is 0 Å². The van der Waals surface area contributed by atoms with E-state index in [0.29, 0.717) is 17.8 Å². The maximum Gasteiger partial charge on any atom is 0.244 e. The van der Waals surface area contributed by atoms with Crippen molar-refractivity contribution >= 4 is 0 Å². The number of benzene rings is 1. The van der Waals surface area contributed by atoms with Crippen LogP contribution in [0.15, 0.2) is 41.2 Å². The Kier molecular flexibility index (Phi) is 3.45. The predicted octanol–water partition coefficient (Wildman–Crippen LogP) is 3.39. The lowest BCUT2D eigenvalue weighted by Crippen LogP contribution is -2.33. The molecule has 0 bridgehead atoms. The maximum atomic E-state index is 5.55. The second-order valence-electron chi connectivity index (χ2n) is 7.00. The van der Waals surface area contributed by atoms with Crippen molar-refractivity contribution < 1.29 is 4.52 Å². The fraction of sp³-hybridized carbons (Fsp3) is 0.421. The van der Waals surface area contributed by atoms with Crippen LogP contribution in [0.4, 0.5) is 0 Å². The van der Waals surface area contributed by atoms with E-state index in [0.717, 1.165) is 25.1 Å². The summed E-state index contributed by atoms with van der Waals surface area (Å²) in [6.45, 7) is 3.97. The smallest absolute Gasteiger partial charge is 0.244 e. The van der Waals surface area contributed by atoms with Crippen LogP contribution in [0.2, 0.25) is 0 Å². The zero-order valence-corrected chi connectivity index (χ0v) is 14.3. The second-order valence-corrected chi connectivity index (χ2v) is 7.00. The SMILES string of the molecule is C[C@@H](c1nc(-c2ccccc2)no1)N1CCc2c(ncn2C2CC2)C1. The molecule has 0 spiro atoms. The fourth-order valence-electron chi connectivity index (χ4n) is 3.62. The third kappa shape index (κ3) is 2.66. The molecule has 0 N–H and O–H groups in total. The Hall–Kier alpha value is -2.47. The first-order valence-electron chi connectivity index (χ1n) is 8.97. The number of imidazole rings is 1. The van der Waals surface area contributed by atoms with Crippen molar-refractivity contribution in [3.05, 3.63) is 53.9 Å². The molecule has 1 aromatic carbocycles. The van der Waals surface area contributed by atoms with Gasteiger partial charge in [-0.2, -0.15) is 4.98 Å². The Morgan fingerprint density at radius 2 is 2.04 bits per heavy atom. The van der Waals surface area contributed by atoms with Crippen molar-refractivity contribution in [1.29, 1.82) is 0 Å². The van der Waals surface area contributed by atoms with Crippen molar-refractivity contribution in [3.63, 3.8) is 0 Å². The van der Waals surface area contributed by atoms with Gasteiger partial charge >= 0.3 is 0 Å². The summed E-state index contributed by atoms with van der Waals surface area (Å²) in [4.78, 5) is 11.6. The van der Waals surface area contributed by atoms with Crippen LogP contribution in [0.5, 0.6) is 0 Å². The molecular weight excluding hydrogens is 314 g/mol. The summed E-state index contributed by atoms with van der Waals surface area (Å²) in [6, 6.07) is 10.7. The Labute approximate surface area is 146 Å². The molecule has 0 unspecified atom stereocenters. The Bertz CT molecular complexity index is 880. The molecule has 2 aliphatic rings. The number of nitrogens with zero attached hydrogens (tertiary/aromatic N) is 5. The average molecular weight is 335 g/mol. The predicted molar refractivity (Wildman–Crippen MR) is 92.8 cm³/mol. The van der Waals surface area contributed by atoms with E-state index in [4.69, 9.17) is 4.52 Å². The van der Waals surface area contributed by atoms with Gasteiger partial charge in [0, 0.05) is 36.8 Å². The molecule has 6 nitrogen and oxygen atoms in total. The van der Waals surface area contributed by atoms with Gasteiger partial charge in [-0.3, -0.25) is 4.90 Å². The molecule has 0 radical (unpaired) electrons. The van der Waals surface area contributed by atoms with Crippen molar-refractivity contribution in [1.82, 2.24) is 24.6 Å². The van der Waals surface area contributed by atoms with E-state index < -0.39 is 0 Å². The van der Waals surface area contributed by atoms with Crippen LogP contribution in [0.25, 0.3) is 11.4 Å². The number of fused-ring (bicyclic) bond motifs is 1. The van der Waals surface area contributed by atoms with Crippen molar-refractivity contribution in [2.45, 2.75) is 44.8 Å². The lowest BCUT2D eigenvalue weighted by atomic mass is 10.1. The molecule has 128 valence electrons. The van der Waals surface area contributed by atoms with Crippen LogP contribution in [-0.4, -0.2) is 31.1 Å². The molecule has 1 aliphatic heterocycles. The molecular formula is C19H21N5O. The van der Waals surface area contributed by atoms with Gasteiger partial charge in [0.15, 0.2) is 0 Å². The highest BCUT2D eigenvalue weighted by molar-refractivity contribution is 5.53. The summed E-state index contributed by atoms with van der Waals surface area (Å²) in [5, 5.41) is 4.15. The molecule has 1 fully saturated rings. The largest absolute Gasteiger partial charge is 0.337 e. The molecule has 0 amide bonds. The van der Waals surface area contributed by atoms with Crippen molar-refractivity contribution in [2.75, 3.05) is 6.54 Å². The third-order valence-electron chi connectivity index (χ3n) is 5.29. The van der Waals surface area contributed by atoms with Crippen LogP contribution in [0, 0.1) is 0 Å². The van der Waals surface area contributed by atoms with E-state index in [9.17, 15) is 0 Å². The normalized spacial score (nSPS) is 18.9. The topological polar surface area (TPSA) is 60.0 Å². The molecule has 2 aromatic heterocycles. The molecule has 0 saturated heterocycles. The average Bonchev–Trinajstić information content (AvgIpc) is 3.22. The minimum absolute atomic E-state index is 0.0872. The Balaban J connectivity index is 1.34. The van der Waals surface area contributed by atoms with Gasteiger partial charge in [0.2, 0.25) is 11.7 Å². The van der Waals surface area contributed by atoms with E-state index in [1.807, 2.05) is 36.7 Å². The number of hydrogen-bond acceptors (Lipinski definition) is 5. The zero-order chi connectivity index (χ0) is 16.8. The minimum atomic E-state index is 0.0872. The summed E-state index contributed by atoms with van der Waals surface area (Å²) in [5.74, 6) is 1.32. The van der Waals surface area contributed by atoms with Gasteiger partial charge in [0.05, 0.1) is 18.1 Å². The van der Waals surface area contributed by atoms with E-state index in [1.54, 1.807) is 0 Å². The van der Waals surface area contributed by atoms with Gasteiger partial charge in [-0.1, -0.05) is 35.5 Å². The number of rotatable bonds is 4. The first kappa shape index (κ1) is 14.8. The second kappa shape index (κ2) is 5.81. The number of hydrogen-bond donors (Lipinski definition) is 0. The van der Waals surface area contributed by atoms with Crippen LogP contribution in [-0.2, 0) is 13.0 Å². The van der Waals surface area contributed by atoms with Gasteiger partial charge in [0.25, 0.3) is 0 Å². The fourth-order valence-corrected chi connectivity index (χ4v) is 3.62. The lowest BCUT2D eigenvalue weighted by molar-refractivity contribution is 0.154. The molecule has 5 rings (SSSR count). The van der Waals surface area contributed by atoms with Gasteiger partial charge < -0.3 is 9.09 Å². The molecule has 1 atom stereocenters. The minimum Gasteiger partial charge on any atom is -0.337 e. The van der Waals surface area contributed by atoms with Crippen LogP contribution < -0.4 is 0 Å². The van der Waals surface area contributed by atoms with Gasteiger partial charge in [-0.25, -0.2) is 4.98 Å². The van der Waals surface area contributed by atoms with Gasteiger partial charge in [-0.05, 0) is 19.8 Å². The van der Waals surface area contributed by atoms with Gasteiger partial charge in [0.1, 0.15) is 0 Å². The van der Waals surface area contributed by atoms with E-state index in [-0.39, 0.29) is 6.04 Å². The highest BCUT2D eigenvalue weighted by atomic mass is 16.5. The summed E-state index contributed by atoms with van der Waals surface area (Å²) < 4.78 is 7.93. The first-order valence-corrected chi connectivity index (χ1v) is 8.97. The van der Waals surface area contributed by atoms with E-state index in [2.05, 4.69) is 31.5 Å². The Morgan fingerprint density at radius 1 is 1.20 bits per heavy atom. The summed E-state index contributed by atoms with van der Waals surface area (Å²) in [5.41, 5.74) is 3.60. The van der Waals surface area contributed by atoms with Crippen LogP contribution in [0.3, 0.4) is 0 Å². The van der Waals surface area contributed by atoms with E-state index in [1.165, 1.54) is 24.2 Å². The quantitative estimate of drug-likeness (QED) is 0.731. The summed E-state index contributed by atoms with van der Waals surface area (Å²) in [7, 11) is 0. The van der Waals surface area contributed by atoms with Crippen molar-refractivity contribution in [3.8, 4) is 11.4 Å². The molecule has 6 heteroatoms. The molecule has 3 aromatic rings. The van der Waals surface area contributed by atoms with E-state index >= 15 is 0 Å². The molecule has 1 saturated carbocycles. The standard InChI is InChI=1S/C19H21N5O/c1-13(19-21-18(22-25-19)14-5-3-2-4-6-14)23-10-9-17-16(11-23)20-12-24(17)15-7-8-15/h2-6,12-13,15H,7-11H2,1H3/t13-/m0/s1. The molecule has 25 heavy (non-hydrogen) atoms.